The van der Waals surface area contributed by atoms with Gasteiger partial charge in [-0.3, -0.25) is 9.36 Å². The molecule has 1 aromatic heterocycles. The van der Waals surface area contributed by atoms with Gasteiger partial charge in [-0.1, -0.05) is 61.3 Å². The number of benzene rings is 2. The van der Waals surface area contributed by atoms with E-state index in [1.54, 1.807) is 36.4 Å². The van der Waals surface area contributed by atoms with Gasteiger partial charge in [0.25, 0.3) is 0 Å². The fraction of sp³-hybridized carbons (Fsp3) is 0.217. The molecule has 1 atom stereocenters. The van der Waals surface area contributed by atoms with E-state index in [0.29, 0.717) is 10.9 Å². The molecule has 3 aromatic rings. The van der Waals surface area contributed by atoms with Gasteiger partial charge in [-0.25, -0.2) is 4.98 Å². The first-order chi connectivity index (χ1) is 14.1. The summed E-state index contributed by atoms with van der Waals surface area (Å²) in [5.74, 6) is 0.508. The average Bonchev–Trinajstić information content (AvgIpc) is 3.18. The standard InChI is InChI=1S/C23H24ClN3O2/c1-3-7-19(18-8-5-4-6-9-18)26-23(28)13-11-17-10-12-20(21(14-17)29-2)27-16-25-15-22(27)24/h4-6,8-16,19H,3,7H2,1-2H3,(H,26,28)/b13-11+. The summed E-state index contributed by atoms with van der Waals surface area (Å²) in [4.78, 5) is 16.5. The number of methoxy groups -OCH3 is 1. The van der Waals surface area contributed by atoms with Crippen molar-refractivity contribution in [2.45, 2.75) is 25.8 Å². The summed E-state index contributed by atoms with van der Waals surface area (Å²) < 4.78 is 7.22. The number of amides is 1. The normalized spacial score (nSPS) is 12.1. The van der Waals surface area contributed by atoms with E-state index in [9.17, 15) is 4.79 Å². The van der Waals surface area contributed by atoms with E-state index >= 15 is 0 Å². The van der Waals surface area contributed by atoms with E-state index in [0.717, 1.165) is 29.7 Å². The van der Waals surface area contributed by atoms with E-state index in [2.05, 4.69) is 17.2 Å². The molecule has 0 radical (unpaired) electrons. The SMILES string of the molecule is CCCC(NC(=O)/C=C/c1ccc(-n2cncc2Cl)c(OC)c1)c1ccccc1. The van der Waals surface area contributed by atoms with Crippen LogP contribution in [0, 0.1) is 0 Å². The number of halogens is 1. The Morgan fingerprint density at radius 2 is 2.07 bits per heavy atom. The van der Waals surface area contributed by atoms with Gasteiger partial charge in [0.1, 0.15) is 17.2 Å². The molecule has 0 aliphatic heterocycles. The third-order valence-electron chi connectivity index (χ3n) is 4.58. The predicted octanol–water partition coefficient (Wildman–Crippen LogP) is 5.21. The highest BCUT2D eigenvalue weighted by Crippen LogP contribution is 2.27. The van der Waals surface area contributed by atoms with E-state index < -0.39 is 0 Å². The minimum absolute atomic E-state index is 0.00125. The molecule has 3 rings (SSSR count). The Morgan fingerprint density at radius 1 is 1.28 bits per heavy atom. The number of hydrogen-bond acceptors (Lipinski definition) is 3. The number of carbonyl (C=O) groups excluding carboxylic acids is 1. The molecule has 29 heavy (non-hydrogen) atoms. The van der Waals surface area contributed by atoms with Gasteiger partial charge < -0.3 is 10.1 Å². The van der Waals surface area contributed by atoms with Crippen LogP contribution in [0.3, 0.4) is 0 Å². The largest absolute Gasteiger partial charge is 0.495 e. The van der Waals surface area contributed by atoms with Crippen molar-refractivity contribution < 1.29 is 9.53 Å². The van der Waals surface area contributed by atoms with Gasteiger partial charge in [-0.2, -0.15) is 0 Å². The number of hydrogen-bond donors (Lipinski definition) is 1. The summed E-state index contributed by atoms with van der Waals surface area (Å²) in [7, 11) is 1.60. The third kappa shape index (κ3) is 5.27. The molecule has 0 aliphatic carbocycles. The smallest absolute Gasteiger partial charge is 0.244 e. The number of imidazole rings is 1. The second kappa shape index (κ2) is 9.94. The minimum atomic E-state index is -0.131. The number of rotatable bonds is 8. The first-order valence-electron chi connectivity index (χ1n) is 9.52. The Balaban J connectivity index is 1.73. The highest BCUT2D eigenvalue weighted by Gasteiger charge is 2.12. The molecule has 0 fully saturated rings. The van der Waals surface area contributed by atoms with E-state index in [1.807, 2.05) is 48.5 Å². The van der Waals surface area contributed by atoms with Crippen molar-refractivity contribution in [2.24, 2.45) is 0 Å². The second-order valence-electron chi connectivity index (χ2n) is 6.61. The summed E-state index contributed by atoms with van der Waals surface area (Å²) in [5, 5.41) is 3.58. The molecule has 1 amide bonds. The minimum Gasteiger partial charge on any atom is -0.495 e. The number of nitrogens with zero attached hydrogens (tertiary/aromatic N) is 2. The summed E-state index contributed by atoms with van der Waals surface area (Å²) in [6, 6.07) is 15.7. The van der Waals surface area contributed by atoms with Crippen LogP contribution in [-0.4, -0.2) is 22.6 Å². The highest BCUT2D eigenvalue weighted by atomic mass is 35.5. The molecular formula is C23H24ClN3O2. The van der Waals surface area contributed by atoms with Crippen molar-refractivity contribution in [3.63, 3.8) is 0 Å². The molecule has 0 saturated heterocycles. The zero-order valence-electron chi connectivity index (χ0n) is 16.5. The lowest BCUT2D eigenvalue weighted by atomic mass is 10.0. The zero-order chi connectivity index (χ0) is 20.6. The molecule has 150 valence electrons. The summed E-state index contributed by atoms with van der Waals surface area (Å²) in [6.07, 6.45) is 8.38. The zero-order valence-corrected chi connectivity index (χ0v) is 17.3. The summed E-state index contributed by atoms with van der Waals surface area (Å²) >= 11 is 6.15. The van der Waals surface area contributed by atoms with Gasteiger partial charge in [0.15, 0.2) is 0 Å². The van der Waals surface area contributed by atoms with Crippen molar-refractivity contribution >= 4 is 23.6 Å². The molecule has 6 heteroatoms. The van der Waals surface area contributed by atoms with Gasteiger partial charge in [-0.05, 0) is 35.8 Å². The summed E-state index contributed by atoms with van der Waals surface area (Å²) in [5.41, 5.74) is 2.74. The molecule has 1 N–H and O–H groups in total. The van der Waals surface area contributed by atoms with Gasteiger partial charge in [0, 0.05) is 6.08 Å². The lowest BCUT2D eigenvalue weighted by Crippen LogP contribution is -2.26. The molecule has 1 heterocycles. The Morgan fingerprint density at radius 3 is 2.72 bits per heavy atom. The molecule has 0 saturated carbocycles. The van der Waals surface area contributed by atoms with Gasteiger partial charge in [-0.15, -0.1) is 0 Å². The Hall–Kier alpha value is -3.05. The number of ether oxygens (including phenoxy) is 1. The van der Waals surface area contributed by atoms with Crippen molar-refractivity contribution in [3.8, 4) is 11.4 Å². The number of aromatic nitrogens is 2. The maximum absolute atomic E-state index is 12.5. The predicted molar refractivity (Wildman–Crippen MR) is 116 cm³/mol. The number of carbonyl (C=O) groups is 1. The van der Waals surface area contributed by atoms with Crippen LogP contribution in [0.5, 0.6) is 5.75 Å². The van der Waals surface area contributed by atoms with Gasteiger partial charge in [0.05, 0.1) is 25.0 Å². The molecule has 0 spiro atoms. The monoisotopic (exact) mass is 409 g/mol. The maximum atomic E-state index is 12.5. The van der Waals surface area contributed by atoms with Crippen LogP contribution in [0.4, 0.5) is 0 Å². The second-order valence-corrected chi connectivity index (χ2v) is 7.00. The summed E-state index contributed by atoms with van der Waals surface area (Å²) in [6.45, 7) is 2.11. The molecular weight excluding hydrogens is 386 g/mol. The van der Waals surface area contributed by atoms with Crippen LogP contribution in [-0.2, 0) is 4.79 Å². The molecule has 0 aliphatic rings. The molecule has 5 nitrogen and oxygen atoms in total. The van der Waals surface area contributed by atoms with Crippen LogP contribution >= 0.6 is 11.6 Å². The van der Waals surface area contributed by atoms with Crippen LogP contribution in [0.1, 0.15) is 36.9 Å². The van der Waals surface area contributed by atoms with Crippen molar-refractivity contribution in [1.82, 2.24) is 14.9 Å². The highest BCUT2D eigenvalue weighted by molar-refractivity contribution is 6.29. The Bertz CT molecular complexity index is 983. The van der Waals surface area contributed by atoms with Crippen LogP contribution in [0.15, 0.2) is 67.1 Å². The van der Waals surface area contributed by atoms with E-state index in [4.69, 9.17) is 16.3 Å². The fourth-order valence-electron chi connectivity index (χ4n) is 3.14. The van der Waals surface area contributed by atoms with Crippen LogP contribution in [0.2, 0.25) is 5.15 Å². The Labute approximate surface area is 176 Å². The quantitative estimate of drug-likeness (QED) is 0.520. The van der Waals surface area contributed by atoms with Crippen molar-refractivity contribution in [2.75, 3.05) is 7.11 Å². The van der Waals surface area contributed by atoms with E-state index in [1.165, 1.54) is 0 Å². The molecule has 1 unspecified atom stereocenters. The van der Waals surface area contributed by atoms with Crippen LogP contribution < -0.4 is 10.1 Å². The maximum Gasteiger partial charge on any atom is 0.244 e. The molecule has 0 bridgehead atoms. The molecule has 2 aromatic carbocycles. The van der Waals surface area contributed by atoms with Gasteiger partial charge >= 0.3 is 0 Å². The van der Waals surface area contributed by atoms with Gasteiger partial charge in [0.2, 0.25) is 5.91 Å². The van der Waals surface area contributed by atoms with Crippen molar-refractivity contribution in [1.29, 1.82) is 0 Å². The van der Waals surface area contributed by atoms with Crippen LogP contribution in [0.25, 0.3) is 11.8 Å². The lowest BCUT2D eigenvalue weighted by Gasteiger charge is -2.17. The van der Waals surface area contributed by atoms with Crippen molar-refractivity contribution in [3.05, 3.63) is 83.4 Å². The topological polar surface area (TPSA) is 56.2 Å². The average molecular weight is 410 g/mol. The first kappa shape index (κ1) is 20.7. The first-order valence-corrected chi connectivity index (χ1v) is 9.90. The van der Waals surface area contributed by atoms with E-state index in [-0.39, 0.29) is 11.9 Å². The number of nitrogens with one attached hydrogen (secondary N) is 1. The lowest BCUT2D eigenvalue weighted by molar-refractivity contribution is -0.117. The third-order valence-corrected chi connectivity index (χ3v) is 4.86. The fourth-order valence-corrected chi connectivity index (χ4v) is 3.33. The Kier molecular flexibility index (Phi) is 7.09.